The van der Waals surface area contributed by atoms with Gasteiger partial charge in [0.2, 0.25) is 0 Å². The summed E-state index contributed by atoms with van der Waals surface area (Å²) >= 11 is 0. The summed E-state index contributed by atoms with van der Waals surface area (Å²) in [5, 5.41) is 11.8. The number of nitrogens with zero attached hydrogens (tertiary/aromatic N) is 1. The van der Waals surface area contributed by atoms with Crippen LogP contribution in [0.25, 0.3) is 0 Å². The van der Waals surface area contributed by atoms with E-state index in [4.69, 9.17) is 0 Å². The quantitative estimate of drug-likeness (QED) is 0.892. The summed E-state index contributed by atoms with van der Waals surface area (Å²) in [5.41, 5.74) is -1.31. The molecular weight excluding hydrogens is 250 g/mol. The van der Waals surface area contributed by atoms with Crippen molar-refractivity contribution in [3.8, 4) is 6.07 Å². The van der Waals surface area contributed by atoms with Gasteiger partial charge in [-0.05, 0) is 31.0 Å². The van der Waals surface area contributed by atoms with Crippen LogP contribution < -0.4 is 5.32 Å². The van der Waals surface area contributed by atoms with Crippen molar-refractivity contribution < 1.29 is 13.6 Å². The van der Waals surface area contributed by atoms with Gasteiger partial charge in [0.15, 0.2) is 0 Å². The largest absolute Gasteiger partial charge is 0.334 e. The van der Waals surface area contributed by atoms with Gasteiger partial charge in [-0.1, -0.05) is 19.3 Å². The number of hydrogen-bond acceptors (Lipinski definition) is 2. The molecule has 0 atom stereocenters. The molecule has 1 amide bonds. The first-order chi connectivity index (χ1) is 9.06. The normalized spacial score (nSPS) is 17.5. The second-order valence-corrected chi connectivity index (χ2v) is 4.83. The minimum Gasteiger partial charge on any atom is -0.334 e. The van der Waals surface area contributed by atoms with Gasteiger partial charge in [-0.3, -0.25) is 4.79 Å². The zero-order valence-corrected chi connectivity index (χ0v) is 10.4. The van der Waals surface area contributed by atoms with Gasteiger partial charge in [0.05, 0.1) is 11.6 Å². The zero-order valence-electron chi connectivity index (χ0n) is 10.4. The lowest BCUT2D eigenvalue weighted by Crippen LogP contribution is -2.48. The fraction of sp³-hybridized carbons (Fsp3) is 0.429. The maximum absolute atomic E-state index is 13.5. The van der Waals surface area contributed by atoms with E-state index < -0.39 is 23.1 Å². The Morgan fingerprint density at radius 3 is 2.58 bits per heavy atom. The third-order valence-electron chi connectivity index (χ3n) is 3.45. The molecule has 0 spiro atoms. The van der Waals surface area contributed by atoms with E-state index in [1.807, 2.05) is 0 Å². The van der Waals surface area contributed by atoms with Crippen molar-refractivity contribution >= 4 is 5.91 Å². The molecule has 1 aromatic carbocycles. The Morgan fingerprint density at radius 2 is 1.95 bits per heavy atom. The maximum Gasteiger partial charge on any atom is 0.255 e. The predicted molar refractivity (Wildman–Crippen MR) is 65.3 cm³/mol. The number of hydrogen-bond donors (Lipinski definition) is 1. The molecule has 19 heavy (non-hydrogen) atoms. The molecule has 1 aliphatic carbocycles. The van der Waals surface area contributed by atoms with Gasteiger partial charge in [0.1, 0.15) is 17.2 Å². The van der Waals surface area contributed by atoms with E-state index in [1.165, 1.54) is 0 Å². The second kappa shape index (κ2) is 5.35. The van der Waals surface area contributed by atoms with Crippen LogP contribution >= 0.6 is 0 Å². The molecule has 1 aromatic rings. The number of carbonyl (C=O) groups is 1. The number of nitriles is 1. The van der Waals surface area contributed by atoms with Gasteiger partial charge >= 0.3 is 0 Å². The Morgan fingerprint density at radius 1 is 1.26 bits per heavy atom. The molecule has 1 N–H and O–H groups in total. The molecule has 1 fully saturated rings. The fourth-order valence-corrected chi connectivity index (χ4v) is 2.38. The molecule has 1 saturated carbocycles. The smallest absolute Gasteiger partial charge is 0.255 e. The van der Waals surface area contributed by atoms with Crippen molar-refractivity contribution in [3.63, 3.8) is 0 Å². The van der Waals surface area contributed by atoms with Crippen LogP contribution in [0.4, 0.5) is 8.78 Å². The molecule has 2 rings (SSSR count). The fourth-order valence-electron chi connectivity index (χ4n) is 2.38. The van der Waals surface area contributed by atoms with Gasteiger partial charge in [0, 0.05) is 0 Å². The van der Waals surface area contributed by atoms with Crippen LogP contribution in [0, 0.1) is 23.0 Å². The van der Waals surface area contributed by atoms with Crippen molar-refractivity contribution in [2.45, 2.75) is 37.6 Å². The Hall–Kier alpha value is -1.96. The molecule has 0 bridgehead atoms. The third-order valence-corrected chi connectivity index (χ3v) is 3.45. The maximum atomic E-state index is 13.5. The second-order valence-electron chi connectivity index (χ2n) is 4.83. The van der Waals surface area contributed by atoms with Gasteiger partial charge < -0.3 is 5.32 Å². The topological polar surface area (TPSA) is 52.9 Å². The van der Waals surface area contributed by atoms with Crippen LogP contribution in [0.2, 0.25) is 0 Å². The van der Waals surface area contributed by atoms with Crippen molar-refractivity contribution in [1.29, 1.82) is 5.26 Å². The summed E-state index contributed by atoms with van der Waals surface area (Å²) in [4.78, 5) is 12.0. The van der Waals surface area contributed by atoms with Crippen molar-refractivity contribution in [3.05, 3.63) is 35.4 Å². The highest BCUT2D eigenvalue weighted by Crippen LogP contribution is 2.28. The minimum absolute atomic E-state index is 0.361. The van der Waals surface area contributed by atoms with Crippen molar-refractivity contribution in [2.75, 3.05) is 0 Å². The van der Waals surface area contributed by atoms with Crippen molar-refractivity contribution in [2.24, 2.45) is 0 Å². The van der Waals surface area contributed by atoms with E-state index in [2.05, 4.69) is 11.4 Å². The standard InChI is InChI=1S/C14H14F2N2O/c15-10-4-5-12(16)11(8-10)13(19)18-14(9-17)6-2-1-3-7-14/h4-5,8H,1-3,6-7H2,(H,18,19). The number of benzene rings is 1. The minimum atomic E-state index is -0.950. The van der Waals surface area contributed by atoms with Crippen LogP contribution in [0.15, 0.2) is 18.2 Å². The first-order valence-corrected chi connectivity index (χ1v) is 6.25. The van der Waals surface area contributed by atoms with Gasteiger partial charge in [-0.2, -0.15) is 5.26 Å². The van der Waals surface area contributed by atoms with Crippen LogP contribution in [0.5, 0.6) is 0 Å². The molecule has 3 nitrogen and oxygen atoms in total. The Bertz CT molecular complexity index is 531. The molecular formula is C14H14F2N2O. The van der Waals surface area contributed by atoms with Crippen molar-refractivity contribution in [1.82, 2.24) is 5.32 Å². The lowest BCUT2D eigenvalue weighted by molar-refractivity contribution is 0.0898. The Balaban J connectivity index is 2.20. The molecule has 0 unspecified atom stereocenters. The lowest BCUT2D eigenvalue weighted by atomic mass is 9.82. The van der Waals surface area contributed by atoms with Gasteiger partial charge in [-0.15, -0.1) is 0 Å². The SMILES string of the molecule is N#CC1(NC(=O)c2cc(F)ccc2F)CCCCC1. The van der Waals surface area contributed by atoms with Crippen LogP contribution in [0.1, 0.15) is 42.5 Å². The van der Waals surface area contributed by atoms with Crippen LogP contribution in [0.3, 0.4) is 0 Å². The molecule has 0 aromatic heterocycles. The van der Waals surface area contributed by atoms with E-state index in [0.29, 0.717) is 12.8 Å². The molecule has 5 heteroatoms. The number of rotatable bonds is 2. The zero-order chi connectivity index (χ0) is 13.9. The number of amides is 1. The summed E-state index contributed by atoms with van der Waals surface area (Å²) in [6.45, 7) is 0. The summed E-state index contributed by atoms with van der Waals surface area (Å²) in [5.74, 6) is -2.20. The number of halogens is 2. The molecule has 100 valence electrons. The monoisotopic (exact) mass is 264 g/mol. The first kappa shape index (κ1) is 13.5. The number of nitrogens with one attached hydrogen (secondary N) is 1. The van der Waals surface area contributed by atoms with E-state index in [0.717, 1.165) is 37.5 Å². The highest BCUT2D eigenvalue weighted by Gasteiger charge is 2.34. The summed E-state index contributed by atoms with van der Waals surface area (Å²) in [6, 6.07) is 4.81. The summed E-state index contributed by atoms with van der Waals surface area (Å²) in [6.07, 6.45) is 3.81. The first-order valence-electron chi connectivity index (χ1n) is 6.25. The molecule has 0 radical (unpaired) electrons. The van der Waals surface area contributed by atoms with Crippen LogP contribution in [-0.2, 0) is 0 Å². The molecule has 0 aliphatic heterocycles. The molecule has 0 saturated heterocycles. The predicted octanol–water partition coefficient (Wildman–Crippen LogP) is 2.92. The average molecular weight is 264 g/mol. The van der Waals surface area contributed by atoms with E-state index in [1.54, 1.807) is 0 Å². The lowest BCUT2D eigenvalue weighted by Gasteiger charge is -2.31. The van der Waals surface area contributed by atoms with Gasteiger partial charge in [0.25, 0.3) is 5.91 Å². The third kappa shape index (κ3) is 2.90. The highest BCUT2D eigenvalue weighted by molar-refractivity contribution is 5.95. The molecule has 0 heterocycles. The Labute approximate surface area is 110 Å². The van der Waals surface area contributed by atoms with E-state index in [-0.39, 0.29) is 5.56 Å². The Kier molecular flexibility index (Phi) is 3.79. The van der Waals surface area contributed by atoms with Gasteiger partial charge in [-0.25, -0.2) is 8.78 Å². The number of carbonyl (C=O) groups excluding carboxylic acids is 1. The summed E-state index contributed by atoms with van der Waals surface area (Å²) in [7, 11) is 0. The summed E-state index contributed by atoms with van der Waals surface area (Å²) < 4.78 is 26.5. The average Bonchev–Trinajstić information content (AvgIpc) is 2.42. The van der Waals surface area contributed by atoms with Crippen LogP contribution in [-0.4, -0.2) is 11.4 Å². The highest BCUT2D eigenvalue weighted by atomic mass is 19.1. The van der Waals surface area contributed by atoms with E-state index >= 15 is 0 Å². The van der Waals surface area contributed by atoms with E-state index in [9.17, 15) is 18.8 Å². The molecule has 1 aliphatic rings.